The van der Waals surface area contributed by atoms with Gasteiger partial charge in [0.1, 0.15) is 0 Å². The molecular formula is C8H17N3. The summed E-state index contributed by atoms with van der Waals surface area (Å²) in [6, 6.07) is 0. The highest BCUT2D eigenvalue weighted by molar-refractivity contribution is 5.01. The number of piperidine rings is 1. The monoisotopic (exact) mass is 155 g/mol. The van der Waals surface area contributed by atoms with Crippen LogP contribution in [0.25, 0.3) is 0 Å². The van der Waals surface area contributed by atoms with Gasteiger partial charge in [0.05, 0.1) is 0 Å². The molecule has 0 aromatic rings. The third kappa shape index (κ3) is 1.08. The predicted molar refractivity (Wildman–Crippen MR) is 45.1 cm³/mol. The molecule has 11 heavy (non-hydrogen) atoms. The fourth-order valence-electron chi connectivity index (χ4n) is 2.34. The van der Waals surface area contributed by atoms with Crippen LogP contribution in [0.2, 0.25) is 0 Å². The lowest BCUT2D eigenvalue weighted by molar-refractivity contribution is 0.174. The van der Waals surface area contributed by atoms with Gasteiger partial charge in [-0.05, 0) is 31.8 Å². The molecule has 2 fully saturated rings. The topological polar surface area (TPSA) is 55.3 Å². The summed E-state index contributed by atoms with van der Waals surface area (Å²) in [5.74, 6) is 0.668. The molecule has 2 aliphatic rings. The summed E-state index contributed by atoms with van der Waals surface area (Å²) in [5, 5.41) is 0. The van der Waals surface area contributed by atoms with Gasteiger partial charge in [-0.25, -0.2) is 0 Å². The van der Waals surface area contributed by atoms with Crippen molar-refractivity contribution in [3.8, 4) is 0 Å². The molecule has 2 bridgehead atoms. The van der Waals surface area contributed by atoms with Gasteiger partial charge in [0, 0.05) is 18.6 Å². The molecule has 0 spiro atoms. The van der Waals surface area contributed by atoms with E-state index in [1.54, 1.807) is 0 Å². The van der Waals surface area contributed by atoms with E-state index in [0.717, 1.165) is 13.0 Å². The minimum absolute atomic E-state index is 0.0347. The third-order valence-electron chi connectivity index (χ3n) is 3.36. The van der Waals surface area contributed by atoms with Crippen LogP contribution in [0.5, 0.6) is 0 Å². The molecule has 0 radical (unpaired) electrons. The average molecular weight is 155 g/mol. The van der Waals surface area contributed by atoms with Crippen molar-refractivity contribution in [1.82, 2.24) is 4.90 Å². The lowest BCUT2D eigenvalue weighted by atomic mass is 9.80. The molecule has 2 aliphatic heterocycles. The van der Waals surface area contributed by atoms with Crippen molar-refractivity contribution >= 4 is 0 Å². The lowest BCUT2D eigenvalue weighted by Crippen LogP contribution is -2.57. The molecule has 0 aliphatic carbocycles. The maximum Gasteiger partial charge on any atom is 0.0332 e. The molecule has 2 rings (SSSR count). The molecule has 64 valence electrons. The molecule has 0 aromatic carbocycles. The van der Waals surface area contributed by atoms with Gasteiger partial charge in [-0.15, -0.1) is 0 Å². The Balaban J connectivity index is 2.12. The van der Waals surface area contributed by atoms with E-state index in [-0.39, 0.29) is 5.54 Å². The van der Waals surface area contributed by atoms with Crippen LogP contribution in [0.15, 0.2) is 0 Å². The van der Waals surface area contributed by atoms with E-state index in [1.165, 1.54) is 19.5 Å². The Morgan fingerprint density at radius 3 is 3.00 bits per heavy atom. The summed E-state index contributed by atoms with van der Waals surface area (Å²) >= 11 is 0. The summed E-state index contributed by atoms with van der Waals surface area (Å²) in [6.45, 7) is 4.24. The fourth-order valence-corrected chi connectivity index (χ4v) is 2.34. The van der Waals surface area contributed by atoms with Crippen LogP contribution >= 0.6 is 0 Å². The summed E-state index contributed by atoms with van der Waals surface area (Å²) in [7, 11) is 0. The first-order valence-electron chi connectivity index (χ1n) is 4.46. The Morgan fingerprint density at radius 1 is 1.45 bits per heavy atom. The van der Waals surface area contributed by atoms with Crippen molar-refractivity contribution in [2.45, 2.75) is 18.4 Å². The number of hydrogen-bond acceptors (Lipinski definition) is 3. The normalized spacial score (nSPS) is 49.6. The Kier molecular flexibility index (Phi) is 1.67. The van der Waals surface area contributed by atoms with E-state index in [1.807, 2.05) is 0 Å². The van der Waals surface area contributed by atoms with Gasteiger partial charge >= 0.3 is 0 Å². The largest absolute Gasteiger partial charge is 0.329 e. The second-order valence-electron chi connectivity index (χ2n) is 3.97. The van der Waals surface area contributed by atoms with Gasteiger partial charge in [-0.2, -0.15) is 0 Å². The quantitative estimate of drug-likeness (QED) is 0.530. The van der Waals surface area contributed by atoms with Crippen LogP contribution in [-0.4, -0.2) is 36.6 Å². The van der Waals surface area contributed by atoms with E-state index >= 15 is 0 Å². The standard InChI is InChI=1S/C8H17N3/c9-6-8(10)2-4-11-3-1-7(8)5-11/h7H,1-6,9-10H2. The molecule has 3 atom stereocenters. The van der Waals surface area contributed by atoms with Crippen LogP contribution in [0.4, 0.5) is 0 Å². The Bertz CT molecular complexity index is 159. The highest BCUT2D eigenvalue weighted by Gasteiger charge is 2.42. The summed E-state index contributed by atoms with van der Waals surface area (Å²) in [4.78, 5) is 2.49. The molecule has 2 heterocycles. The number of rotatable bonds is 1. The van der Waals surface area contributed by atoms with Crippen LogP contribution in [0.3, 0.4) is 0 Å². The summed E-state index contributed by atoms with van der Waals surface area (Å²) in [5.41, 5.74) is 11.8. The second kappa shape index (κ2) is 2.44. The average Bonchev–Trinajstić information content (AvgIpc) is 2.44. The molecule has 0 amide bonds. The van der Waals surface area contributed by atoms with Crippen LogP contribution in [0.1, 0.15) is 12.8 Å². The first-order valence-corrected chi connectivity index (χ1v) is 4.46. The molecule has 3 unspecified atom stereocenters. The van der Waals surface area contributed by atoms with E-state index in [4.69, 9.17) is 11.5 Å². The highest BCUT2D eigenvalue weighted by Crippen LogP contribution is 2.32. The van der Waals surface area contributed by atoms with Gasteiger partial charge < -0.3 is 16.4 Å². The van der Waals surface area contributed by atoms with E-state index in [9.17, 15) is 0 Å². The van der Waals surface area contributed by atoms with Crippen molar-refractivity contribution in [1.29, 1.82) is 0 Å². The van der Waals surface area contributed by atoms with Crippen molar-refractivity contribution < 1.29 is 0 Å². The predicted octanol–water partition coefficient (Wildman–Crippen LogP) is -0.632. The number of fused-ring (bicyclic) bond motifs is 2. The summed E-state index contributed by atoms with van der Waals surface area (Å²) in [6.07, 6.45) is 2.35. The zero-order valence-electron chi connectivity index (χ0n) is 6.92. The smallest absolute Gasteiger partial charge is 0.0332 e. The van der Waals surface area contributed by atoms with Crippen LogP contribution < -0.4 is 11.5 Å². The third-order valence-corrected chi connectivity index (χ3v) is 3.36. The van der Waals surface area contributed by atoms with Gasteiger partial charge in [0.2, 0.25) is 0 Å². The minimum Gasteiger partial charge on any atom is -0.329 e. The van der Waals surface area contributed by atoms with E-state index in [0.29, 0.717) is 12.5 Å². The van der Waals surface area contributed by atoms with E-state index < -0.39 is 0 Å². The van der Waals surface area contributed by atoms with Crippen LogP contribution in [0, 0.1) is 5.92 Å². The lowest BCUT2D eigenvalue weighted by Gasteiger charge is -2.38. The van der Waals surface area contributed by atoms with Crippen molar-refractivity contribution in [2.24, 2.45) is 17.4 Å². The Morgan fingerprint density at radius 2 is 2.27 bits per heavy atom. The molecule has 0 aromatic heterocycles. The van der Waals surface area contributed by atoms with Crippen molar-refractivity contribution in [2.75, 3.05) is 26.2 Å². The maximum absolute atomic E-state index is 6.19. The van der Waals surface area contributed by atoms with Crippen molar-refractivity contribution in [3.63, 3.8) is 0 Å². The molecule has 3 nitrogen and oxygen atoms in total. The SMILES string of the molecule is NCC1(N)CCN2CCC1C2. The van der Waals surface area contributed by atoms with Gasteiger partial charge in [0.15, 0.2) is 0 Å². The Labute approximate surface area is 67.7 Å². The number of nitrogens with two attached hydrogens (primary N) is 2. The fraction of sp³-hybridized carbons (Fsp3) is 1.00. The zero-order valence-corrected chi connectivity index (χ0v) is 6.92. The summed E-state index contributed by atoms with van der Waals surface area (Å²) < 4.78 is 0. The molecule has 3 heteroatoms. The maximum atomic E-state index is 6.19. The Hall–Kier alpha value is -0.120. The van der Waals surface area contributed by atoms with Gasteiger partial charge in [0.25, 0.3) is 0 Å². The molecular weight excluding hydrogens is 138 g/mol. The van der Waals surface area contributed by atoms with Gasteiger partial charge in [-0.1, -0.05) is 0 Å². The number of nitrogens with zero attached hydrogens (tertiary/aromatic N) is 1. The van der Waals surface area contributed by atoms with Crippen LogP contribution in [-0.2, 0) is 0 Å². The first-order chi connectivity index (χ1) is 5.24. The molecule has 4 N–H and O–H groups in total. The highest BCUT2D eigenvalue weighted by atomic mass is 15.2. The number of hydrogen-bond donors (Lipinski definition) is 2. The second-order valence-corrected chi connectivity index (χ2v) is 3.97. The zero-order chi connectivity index (χ0) is 7.90. The first kappa shape index (κ1) is 7.53. The molecule has 0 saturated carbocycles. The van der Waals surface area contributed by atoms with Crippen molar-refractivity contribution in [3.05, 3.63) is 0 Å². The molecule has 2 saturated heterocycles. The van der Waals surface area contributed by atoms with Gasteiger partial charge in [-0.3, -0.25) is 0 Å². The minimum atomic E-state index is -0.0347. The van der Waals surface area contributed by atoms with E-state index in [2.05, 4.69) is 4.90 Å².